The van der Waals surface area contributed by atoms with Crippen LogP contribution >= 0.6 is 0 Å². The highest BCUT2D eigenvalue weighted by Gasteiger charge is 2.48. The van der Waals surface area contributed by atoms with E-state index in [4.69, 9.17) is 9.47 Å². The van der Waals surface area contributed by atoms with Gasteiger partial charge in [-0.25, -0.2) is 0 Å². The van der Waals surface area contributed by atoms with Gasteiger partial charge in [0.05, 0.1) is 18.4 Å². The zero-order valence-corrected chi connectivity index (χ0v) is 15.8. The molecule has 1 heterocycles. The lowest BCUT2D eigenvalue weighted by Crippen LogP contribution is -2.37. The number of nitrogens with one attached hydrogen (secondary N) is 1. The minimum atomic E-state index is -0.776. The Hall–Kier alpha value is -2.90. The monoisotopic (exact) mass is 388 g/mol. The fraction of sp³-hybridized carbons (Fsp3) is 0.500. The number of hydrogen-bond donors (Lipinski definition) is 1. The summed E-state index contributed by atoms with van der Waals surface area (Å²) in [6, 6.07) is 6.78. The molecule has 2 aliphatic rings. The van der Waals surface area contributed by atoms with Crippen LogP contribution in [0.3, 0.4) is 0 Å². The minimum absolute atomic E-state index is 0.300. The van der Waals surface area contributed by atoms with Gasteiger partial charge in [-0.15, -0.1) is 0 Å². The standard InChI is InChI=1S/C20H24N2O6/c1-2-27-14-9-7-13(8-10-14)21-17(23)12-28-18(24)11-22-19(25)15-5-3-4-6-16(15)20(22)26/h7-10,15-16H,2-6,11-12H2,1H3,(H,21,23)/t15-,16-/m0/s1. The van der Waals surface area contributed by atoms with Gasteiger partial charge < -0.3 is 14.8 Å². The lowest BCUT2D eigenvalue weighted by molar-refractivity contribution is -0.154. The Labute approximate surface area is 163 Å². The number of carbonyl (C=O) groups is 4. The number of amides is 3. The van der Waals surface area contributed by atoms with E-state index in [1.807, 2.05) is 6.92 Å². The number of nitrogens with zero attached hydrogens (tertiary/aromatic N) is 1. The fourth-order valence-corrected chi connectivity index (χ4v) is 3.71. The number of fused-ring (bicyclic) bond motifs is 1. The summed E-state index contributed by atoms with van der Waals surface area (Å²) < 4.78 is 10.2. The van der Waals surface area contributed by atoms with Crippen LogP contribution < -0.4 is 10.1 Å². The summed E-state index contributed by atoms with van der Waals surface area (Å²) in [5, 5.41) is 2.60. The molecule has 8 nitrogen and oxygen atoms in total. The fourth-order valence-electron chi connectivity index (χ4n) is 3.71. The normalized spacial score (nSPS) is 21.2. The molecule has 28 heavy (non-hydrogen) atoms. The molecule has 0 radical (unpaired) electrons. The Balaban J connectivity index is 1.45. The molecule has 2 atom stereocenters. The van der Waals surface area contributed by atoms with Gasteiger partial charge in [0.25, 0.3) is 5.91 Å². The smallest absolute Gasteiger partial charge is 0.326 e. The molecule has 1 aliphatic heterocycles. The number of esters is 1. The van der Waals surface area contributed by atoms with Crippen molar-refractivity contribution in [3.05, 3.63) is 24.3 Å². The Morgan fingerprint density at radius 3 is 2.25 bits per heavy atom. The SMILES string of the molecule is CCOc1ccc(NC(=O)COC(=O)CN2C(=O)[C@H]3CCCC[C@@H]3C2=O)cc1. The van der Waals surface area contributed by atoms with Crippen LogP contribution in [0.15, 0.2) is 24.3 Å². The first kappa shape index (κ1) is 19.9. The topological polar surface area (TPSA) is 102 Å². The van der Waals surface area contributed by atoms with Crippen LogP contribution in [-0.2, 0) is 23.9 Å². The van der Waals surface area contributed by atoms with E-state index in [9.17, 15) is 19.2 Å². The van der Waals surface area contributed by atoms with Crippen LogP contribution in [0.25, 0.3) is 0 Å². The summed E-state index contributed by atoms with van der Waals surface area (Å²) in [6.07, 6.45) is 3.21. The van der Waals surface area contributed by atoms with Crippen LogP contribution in [-0.4, -0.2) is 48.3 Å². The molecule has 1 aromatic carbocycles. The van der Waals surface area contributed by atoms with Crippen molar-refractivity contribution >= 4 is 29.4 Å². The minimum Gasteiger partial charge on any atom is -0.494 e. The van der Waals surface area contributed by atoms with Crippen molar-refractivity contribution in [3.8, 4) is 5.75 Å². The number of benzene rings is 1. The summed E-state index contributed by atoms with van der Waals surface area (Å²) in [6.45, 7) is 1.49. The van der Waals surface area contributed by atoms with Gasteiger partial charge >= 0.3 is 5.97 Å². The van der Waals surface area contributed by atoms with Crippen molar-refractivity contribution in [3.63, 3.8) is 0 Å². The van der Waals surface area contributed by atoms with E-state index >= 15 is 0 Å². The summed E-state index contributed by atoms with van der Waals surface area (Å²) in [7, 11) is 0. The van der Waals surface area contributed by atoms with E-state index in [1.54, 1.807) is 24.3 Å². The highest BCUT2D eigenvalue weighted by molar-refractivity contribution is 6.07. The molecule has 0 unspecified atom stereocenters. The molecule has 3 rings (SSSR count). The average molecular weight is 388 g/mol. The van der Waals surface area contributed by atoms with Crippen molar-refractivity contribution in [2.24, 2.45) is 11.8 Å². The van der Waals surface area contributed by atoms with Gasteiger partial charge in [-0.05, 0) is 44.0 Å². The lowest BCUT2D eigenvalue weighted by Gasteiger charge is -2.19. The van der Waals surface area contributed by atoms with E-state index in [1.165, 1.54) is 0 Å². The maximum atomic E-state index is 12.3. The third-order valence-electron chi connectivity index (χ3n) is 5.03. The Morgan fingerprint density at radius 2 is 1.68 bits per heavy atom. The van der Waals surface area contributed by atoms with Gasteiger partial charge in [0, 0.05) is 5.69 Å². The van der Waals surface area contributed by atoms with Crippen molar-refractivity contribution < 1.29 is 28.7 Å². The number of anilines is 1. The third kappa shape index (κ3) is 4.49. The van der Waals surface area contributed by atoms with Gasteiger partial charge in [0.1, 0.15) is 12.3 Å². The number of ether oxygens (including phenoxy) is 2. The maximum absolute atomic E-state index is 12.3. The molecule has 8 heteroatoms. The predicted octanol–water partition coefficient (Wildman–Crippen LogP) is 1.74. The molecule has 1 saturated heterocycles. The second-order valence-corrected chi connectivity index (χ2v) is 6.93. The molecular weight excluding hydrogens is 364 g/mol. The molecule has 0 bridgehead atoms. The van der Waals surface area contributed by atoms with Gasteiger partial charge in [0.2, 0.25) is 11.8 Å². The first-order valence-corrected chi connectivity index (χ1v) is 9.53. The molecule has 1 saturated carbocycles. The van der Waals surface area contributed by atoms with Crippen LogP contribution in [0, 0.1) is 11.8 Å². The number of rotatable bonds is 7. The molecule has 1 aliphatic carbocycles. The first-order chi connectivity index (χ1) is 13.5. The quantitative estimate of drug-likeness (QED) is 0.564. The Morgan fingerprint density at radius 1 is 1.07 bits per heavy atom. The highest BCUT2D eigenvalue weighted by atomic mass is 16.5. The number of carbonyl (C=O) groups excluding carboxylic acids is 4. The molecule has 1 aromatic rings. The second-order valence-electron chi connectivity index (χ2n) is 6.93. The molecular formula is C20H24N2O6. The maximum Gasteiger partial charge on any atom is 0.326 e. The summed E-state index contributed by atoms with van der Waals surface area (Å²) in [5.74, 6) is -1.81. The van der Waals surface area contributed by atoms with Gasteiger partial charge in [-0.1, -0.05) is 12.8 Å². The van der Waals surface area contributed by atoms with Gasteiger partial charge in [-0.3, -0.25) is 24.1 Å². The third-order valence-corrected chi connectivity index (χ3v) is 5.03. The summed E-state index contributed by atoms with van der Waals surface area (Å²) in [4.78, 5) is 49.6. The van der Waals surface area contributed by atoms with Crippen LogP contribution in [0.1, 0.15) is 32.6 Å². The lowest BCUT2D eigenvalue weighted by atomic mass is 9.81. The van der Waals surface area contributed by atoms with Gasteiger partial charge in [-0.2, -0.15) is 0 Å². The van der Waals surface area contributed by atoms with Crippen molar-refractivity contribution in [2.45, 2.75) is 32.6 Å². The molecule has 3 amide bonds. The number of imide groups is 1. The van der Waals surface area contributed by atoms with Crippen LogP contribution in [0.4, 0.5) is 5.69 Å². The molecule has 1 N–H and O–H groups in total. The molecule has 150 valence electrons. The summed E-state index contributed by atoms with van der Waals surface area (Å²) >= 11 is 0. The molecule has 0 aromatic heterocycles. The highest BCUT2D eigenvalue weighted by Crippen LogP contribution is 2.37. The Bertz CT molecular complexity index is 736. The average Bonchev–Trinajstić information content (AvgIpc) is 2.93. The van der Waals surface area contributed by atoms with Crippen molar-refractivity contribution in [1.29, 1.82) is 0 Å². The number of hydrogen-bond acceptors (Lipinski definition) is 6. The van der Waals surface area contributed by atoms with E-state index < -0.39 is 25.0 Å². The van der Waals surface area contributed by atoms with E-state index in [2.05, 4.69) is 5.32 Å². The summed E-state index contributed by atoms with van der Waals surface area (Å²) in [5.41, 5.74) is 0.540. The molecule has 2 fully saturated rings. The van der Waals surface area contributed by atoms with Gasteiger partial charge in [0.15, 0.2) is 6.61 Å². The van der Waals surface area contributed by atoms with Crippen molar-refractivity contribution in [1.82, 2.24) is 4.90 Å². The zero-order chi connectivity index (χ0) is 20.1. The largest absolute Gasteiger partial charge is 0.494 e. The predicted molar refractivity (Wildman–Crippen MR) is 99.4 cm³/mol. The van der Waals surface area contributed by atoms with Crippen LogP contribution in [0.2, 0.25) is 0 Å². The first-order valence-electron chi connectivity index (χ1n) is 9.53. The Kier molecular flexibility index (Phi) is 6.28. The molecule has 0 spiro atoms. The van der Waals surface area contributed by atoms with Crippen LogP contribution in [0.5, 0.6) is 5.75 Å². The number of likely N-dealkylation sites (tertiary alicyclic amines) is 1. The van der Waals surface area contributed by atoms with E-state index in [-0.39, 0.29) is 23.7 Å². The van der Waals surface area contributed by atoms with Crippen molar-refractivity contribution in [2.75, 3.05) is 25.1 Å². The van der Waals surface area contributed by atoms with E-state index in [0.717, 1.165) is 17.7 Å². The zero-order valence-electron chi connectivity index (χ0n) is 15.8. The second kappa shape index (κ2) is 8.86. The van der Waals surface area contributed by atoms with E-state index in [0.29, 0.717) is 30.9 Å².